The fourth-order valence-electron chi connectivity index (χ4n) is 1.15. The van der Waals surface area contributed by atoms with Crippen molar-refractivity contribution in [2.24, 2.45) is 0 Å². The molecule has 0 aromatic heterocycles. The van der Waals surface area contributed by atoms with E-state index in [2.05, 4.69) is 0 Å². The van der Waals surface area contributed by atoms with Gasteiger partial charge >= 0.3 is 0 Å². The summed E-state index contributed by atoms with van der Waals surface area (Å²) >= 11 is 0. The van der Waals surface area contributed by atoms with Crippen LogP contribution in [0.25, 0.3) is 0 Å². The van der Waals surface area contributed by atoms with Gasteiger partial charge in [0.05, 0.1) is 25.4 Å². The lowest BCUT2D eigenvalue weighted by Crippen LogP contribution is -2.28. The van der Waals surface area contributed by atoms with Gasteiger partial charge in [-0.1, -0.05) is 12.8 Å². The first kappa shape index (κ1) is 13.8. The number of aliphatic hydroxyl groups is 5. The van der Waals surface area contributed by atoms with Crippen LogP contribution in [0.1, 0.15) is 25.7 Å². The van der Waals surface area contributed by atoms with Crippen LogP contribution in [0.3, 0.4) is 0 Å². The standard InChI is InChI=1S/C6H12O2.C3H8O3/c7-5-3-1-2-4-6(5)8;4-1-3(6)2-5/h5-8H,1-4H2;3-6H,1-2H2. The van der Waals surface area contributed by atoms with E-state index in [-0.39, 0.29) is 13.2 Å². The van der Waals surface area contributed by atoms with Gasteiger partial charge in [0.25, 0.3) is 0 Å². The minimum atomic E-state index is -0.954. The second-order valence-electron chi connectivity index (χ2n) is 3.44. The van der Waals surface area contributed by atoms with E-state index in [0.29, 0.717) is 0 Å². The Bertz CT molecular complexity index is 116. The highest BCUT2D eigenvalue weighted by Gasteiger charge is 2.19. The van der Waals surface area contributed by atoms with Gasteiger partial charge in [-0.25, -0.2) is 0 Å². The van der Waals surface area contributed by atoms with Gasteiger partial charge in [0.1, 0.15) is 6.10 Å². The predicted octanol–water partition coefficient (Wildman–Crippen LogP) is -1.39. The average Bonchev–Trinajstić information content (AvgIpc) is 2.22. The lowest BCUT2D eigenvalue weighted by Gasteiger charge is -2.22. The molecule has 0 saturated heterocycles. The van der Waals surface area contributed by atoms with E-state index in [4.69, 9.17) is 25.5 Å². The molecule has 0 amide bonds. The van der Waals surface area contributed by atoms with E-state index >= 15 is 0 Å². The van der Waals surface area contributed by atoms with Crippen LogP contribution in [0.2, 0.25) is 0 Å². The molecule has 1 rings (SSSR count). The first-order chi connectivity index (χ1) is 6.61. The molecule has 5 nitrogen and oxygen atoms in total. The van der Waals surface area contributed by atoms with Crippen molar-refractivity contribution in [3.8, 4) is 0 Å². The zero-order valence-corrected chi connectivity index (χ0v) is 8.21. The van der Waals surface area contributed by atoms with E-state index in [9.17, 15) is 0 Å². The van der Waals surface area contributed by atoms with Gasteiger partial charge in [0.15, 0.2) is 0 Å². The van der Waals surface area contributed by atoms with Crippen LogP contribution >= 0.6 is 0 Å². The van der Waals surface area contributed by atoms with Crippen LogP contribution in [-0.4, -0.2) is 57.1 Å². The molecule has 5 heteroatoms. The molecular weight excluding hydrogens is 188 g/mol. The average molecular weight is 208 g/mol. The number of rotatable bonds is 2. The number of hydrogen-bond donors (Lipinski definition) is 5. The number of hydrogen-bond acceptors (Lipinski definition) is 5. The van der Waals surface area contributed by atoms with Gasteiger partial charge in [-0.15, -0.1) is 0 Å². The largest absolute Gasteiger partial charge is 0.394 e. The molecule has 0 aromatic carbocycles. The molecule has 86 valence electrons. The van der Waals surface area contributed by atoms with Crippen molar-refractivity contribution in [1.29, 1.82) is 0 Å². The van der Waals surface area contributed by atoms with Gasteiger partial charge < -0.3 is 25.5 Å². The third kappa shape index (κ3) is 6.28. The van der Waals surface area contributed by atoms with Gasteiger partial charge in [-0.05, 0) is 12.8 Å². The van der Waals surface area contributed by atoms with Crippen LogP contribution < -0.4 is 0 Å². The van der Waals surface area contributed by atoms with Crippen molar-refractivity contribution in [1.82, 2.24) is 0 Å². The molecule has 0 heterocycles. The molecule has 0 radical (unpaired) electrons. The van der Waals surface area contributed by atoms with Crippen LogP contribution in [0.4, 0.5) is 0 Å². The van der Waals surface area contributed by atoms with Crippen LogP contribution in [-0.2, 0) is 0 Å². The highest BCUT2D eigenvalue weighted by Crippen LogP contribution is 2.17. The van der Waals surface area contributed by atoms with Gasteiger partial charge in [0.2, 0.25) is 0 Å². The molecule has 5 N–H and O–H groups in total. The fourth-order valence-corrected chi connectivity index (χ4v) is 1.15. The Kier molecular flexibility index (Phi) is 8.02. The maximum atomic E-state index is 8.93. The minimum Gasteiger partial charge on any atom is -0.394 e. The highest BCUT2D eigenvalue weighted by molar-refractivity contribution is 4.72. The van der Waals surface area contributed by atoms with Gasteiger partial charge in [-0.2, -0.15) is 0 Å². The third-order valence-corrected chi connectivity index (χ3v) is 2.12. The summed E-state index contributed by atoms with van der Waals surface area (Å²) in [5.74, 6) is 0. The van der Waals surface area contributed by atoms with Crippen LogP contribution in [0.5, 0.6) is 0 Å². The molecule has 0 spiro atoms. The Balaban J connectivity index is 0.000000255. The SMILES string of the molecule is OC1CCCCC1O.OCC(O)CO. The maximum absolute atomic E-state index is 8.93. The second-order valence-corrected chi connectivity index (χ2v) is 3.44. The van der Waals surface area contributed by atoms with Crippen molar-refractivity contribution in [2.45, 2.75) is 44.0 Å². The summed E-state index contributed by atoms with van der Waals surface area (Å²) in [5.41, 5.74) is 0. The summed E-state index contributed by atoms with van der Waals surface area (Å²) in [6.07, 6.45) is 1.86. The van der Waals surface area contributed by atoms with Crippen LogP contribution in [0.15, 0.2) is 0 Å². The lowest BCUT2D eigenvalue weighted by atomic mass is 9.95. The lowest BCUT2D eigenvalue weighted by molar-refractivity contribution is -0.00865. The van der Waals surface area contributed by atoms with Crippen molar-refractivity contribution < 1.29 is 25.5 Å². The molecule has 14 heavy (non-hydrogen) atoms. The molecule has 0 bridgehead atoms. The summed E-state index contributed by atoms with van der Waals surface area (Å²) in [7, 11) is 0. The van der Waals surface area contributed by atoms with Crippen molar-refractivity contribution in [3.05, 3.63) is 0 Å². The second kappa shape index (κ2) is 8.14. The normalized spacial score (nSPS) is 27.0. The molecule has 1 saturated carbocycles. The summed E-state index contributed by atoms with van der Waals surface area (Å²) < 4.78 is 0. The molecule has 2 atom stereocenters. The van der Waals surface area contributed by atoms with Crippen molar-refractivity contribution in [2.75, 3.05) is 13.2 Å². The van der Waals surface area contributed by atoms with Crippen molar-refractivity contribution >= 4 is 0 Å². The van der Waals surface area contributed by atoms with E-state index in [1.165, 1.54) is 0 Å². The predicted molar refractivity (Wildman–Crippen MR) is 50.7 cm³/mol. The van der Waals surface area contributed by atoms with E-state index in [1.807, 2.05) is 0 Å². The molecular formula is C9H20O5. The van der Waals surface area contributed by atoms with Gasteiger partial charge in [0, 0.05) is 0 Å². The molecule has 0 aliphatic heterocycles. The topological polar surface area (TPSA) is 101 Å². The smallest absolute Gasteiger partial charge is 0.100 e. The Morgan fingerprint density at radius 3 is 1.43 bits per heavy atom. The van der Waals surface area contributed by atoms with E-state index < -0.39 is 18.3 Å². The molecule has 2 unspecified atom stereocenters. The zero-order chi connectivity index (χ0) is 11.0. The summed E-state index contributed by atoms with van der Waals surface area (Å²) in [4.78, 5) is 0. The minimum absolute atomic E-state index is 0.365. The summed E-state index contributed by atoms with van der Waals surface area (Å²) in [5, 5.41) is 41.9. The quantitative estimate of drug-likeness (QED) is 0.385. The first-order valence-corrected chi connectivity index (χ1v) is 4.87. The third-order valence-electron chi connectivity index (χ3n) is 2.12. The first-order valence-electron chi connectivity index (χ1n) is 4.87. The van der Waals surface area contributed by atoms with Crippen molar-refractivity contribution in [3.63, 3.8) is 0 Å². The molecule has 1 aliphatic rings. The zero-order valence-electron chi connectivity index (χ0n) is 8.21. The van der Waals surface area contributed by atoms with Gasteiger partial charge in [-0.3, -0.25) is 0 Å². The Hall–Kier alpha value is -0.200. The monoisotopic (exact) mass is 208 g/mol. The molecule has 0 aromatic rings. The maximum Gasteiger partial charge on any atom is 0.100 e. The van der Waals surface area contributed by atoms with E-state index in [1.54, 1.807) is 0 Å². The Morgan fingerprint density at radius 2 is 1.29 bits per heavy atom. The fraction of sp³-hybridized carbons (Fsp3) is 1.00. The molecule has 1 fully saturated rings. The van der Waals surface area contributed by atoms with E-state index in [0.717, 1.165) is 25.7 Å². The number of aliphatic hydroxyl groups excluding tert-OH is 5. The summed E-state index contributed by atoms with van der Waals surface area (Å²) in [6.45, 7) is -0.729. The van der Waals surface area contributed by atoms with Crippen LogP contribution in [0, 0.1) is 0 Å². The highest BCUT2D eigenvalue weighted by atomic mass is 16.3. The Morgan fingerprint density at radius 1 is 0.929 bits per heavy atom. The summed E-state index contributed by atoms with van der Waals surface area (Å²) in [6, 6.07) is 0. The Labute approximate surface area is 83.6 Å². The molecule has 1 aliphatic carbocycles.